The van der Waals surface area contributed by atoms with Crippen molar-refractivity contribution < 1.29 is 13.2 Å². The van der Waals surface area contributed by atoms with E-state index < -0.39 is 18.1 Å². The molecule has 9 nitrogen and oxygen atoms in total. The topological polar surface area (TPSA) is 122 Å². The van der Waals surface area contributed by atoms with Crippen molar-refractivity contribution >= 4 is 34.2 Å². The van der Waals surface area contributed by atoms with Crippen LogP contribution in [0.15, 0.2) is 6.33 Å². The number of aromatic nitrogens is 4. The van der Waals surface area contributed by atoms with E-state index in [-0.39, 0.29) is 12.0 Å². The standard InChI is InChI=1S/C10H14FN7O2S/c11-4-17-5-13-7-8(15-10(12)16-9(7)17)14-6-1-2-18(3-6)21(19)20/h5-6H,1-4H2,(H,19,20)(H3,12,14,15,16). The minimum absolute atomic E-state index is 0.0146. The van der Waals surface area contributed by atoms with E-state index in [4.69, 9.17) is 10.3 Å². The number of hydrogen-bond acceptors (Lipinski definition) is 6. The van der Waals surface area contributed by atoms with Gasteiger partial charge in [-0.1, -0.05) is 0 Å². The molecule has 1 saturated heterocycles. The van der Waals surface area contributed by atoms with Crippen LogP contribution in [0.3, 0.4) is 0 Å². The number of alkyl halides is 1. The predicted molar refractivity (Wildman–Crippen MR) is 75.2 cm³/mol. The van der Waals surface area contributed by atoms with E-state index in [1.807, 2.05) is 0 Å². The van der Waals surface area contributed by atoms with Crippen LogP contribution in [0.5, 0.6) is 0 Å². The van der Waals surface area contributed by atoms with Crippen molar-refractivity contribution in [3.63, 3.8) is 0 Å². The monoisotopic (exact) mass is 315 g/mol. The molecule has 0 aliphatic carbocycles. The zero-order valence-corrected chi connectivity index (χ0v) is 11.8. The average Bonchev–Trinajstić information content (AvgIpc) is 3.05. The maximum Gasteiger partial charge on any atom is 0.234 e. The second kappa shape index (κ2) is 5.50. The van der Waals surface area contributed by atoms with Gasteiger partial charge < -0.3 is 11.1 Å². The van der Waals surface area contributed by atoms with Crippen LogP contribution in [0, 0.1) is 0 Å². The molecule has 1 fully saturated rings. The molecular weight excluding hydrogens is 301 g/mol. The van der Waals surface area contributed by atoms with Crippen molar-refractivity contribution in [3.05, 3.63) is 6.33 Å². The molecule has 0 radical (unpaired) electrons. The van der Waals surface area contributed by atoms with Crippen LogP contribution in [-0.2, 0) is 18.1 Å². The molecule has 0 amide bonds. The van der Waals surface area contributed by atoms with Gasteiger partial charge in [0.1, 0.15) is 0 Å². The van der Waals surface area contributed by atoms with Crippen molar-refractivity contribution in [3.8, 4) is 0 Å². The van der Waals surface area contributed by atoms with Gasteiger partial charge in [-0.2, -0.15) is 14.3 Å². The molecule has 0 aromatic carbocycles. The third kappa shape index (κ3) is 2.66. The van der Waals surface area contributed by atoms with Crippen LogP contribution in [-0.4, -0.2) is 51.7 Å². The smallest absolute Gasteiger partial charge is 0.234 e. The lowest BCUT2D eigenvalue weighted by Crippen LogP contribution is -2.27. The fourth-order valence-electron chi connectivity index (χ4n) is 2.33. The van der Waals surface area contributed by atoms with Crippen molar-refractivity contribution in [2.45, 2.75) is 19.3 Å². The van der Waals surface area contributed by atoms with E-state index in [1.165, 1.54) is 15.2 Å². The van der Waals surface area contributed by atoms with Crippen molar-refractivity contribution in [1.82, 2.24) is 23.8 Å². The average molecular weight is 315 g/mol. The van der Waals surface area contributed by atoms with Crippen molar-refractivity contribution in [2.24, 2.45) is 0 Å². The number of imidazole rings is 1. The SMILES string of the molecule is Nc1nc(NC2CCN(S(=O)O)C2)c2ncn(CF)c2n1. The number of rotatable bonds is 4. The summed E-state index contributed by atoms with van der Waals surface area (Å²) in [6, 6.07) is -0.0610. The van der Waals surface area contributed by atoms with E-state index >= 15 is 0 Å². The highest BCUT2D eigenvalue weighted by molar-refractivity contribution is 7.76. The summed E-state index contributed by atoms with van der Waals surface area (Å²) in [5.41, 5.74) is 6.37. The van der Waals surface area contributed by atoms with Gasteiger partial charge in [0.05, 0.1) is 6.33 Å². The highest BCUT2D eigenvalue weighted by Crippen LogP contribution is 2.23. The van der Waals surface area contributed by atoms with E-state index in [0.717, 1.165) is 0 Å². The van der Waals surface area contributed by atoms with Gasteiger partial charge in [0.15, 0.2) is 23.8 Å². The lowest BCUT2D eigenvalue weighted by atomic mass is 10.2. The second-order valence-electron chi connectivity index (χ2n) is 4.69. The zero-order chi connectivity index (χ0) is 15.0. The van der Waals surface area contributed by atoms with Crippen molar-refractivity contribution in [1.29, 1.82) is 0 Å². The number of halogens is 1. The molecule has 0 saturated carbocycles. The fourth-order valence-corrected chi connectivity index (χ4v) is 2.90. The summed E-state index contributed by atoms with van der Waals surface area (Å²) in [5, 5.41) is 3.13. The van der Waals surface area contributed by atoms with Gasteiger partial charge in [-0.3, -0.25) is 9.12 Å². The number of nitrogen functional groups attached to an aromatic ring is 1. The number of fused-ring (bicyclic) bond motifs is 1. The van der Waals surface area contributed by atoms with Crippen LogP contribution >= 0.6 is 0 Å². The summed E-state index contributed by atoms with van der Waals surface area (Å²) in [6.07, 6.45) is 2.01. The van der Waals surface area contributed by atoms with Gasteiger partial charge in [0.25, 0.3) is 0 Å². The summed E-state index contributed by atoms with van der Waals surface area (Å²) in [4.78, 5) is 12.1. The van der Waals surface area contributed by atoms with Gasteiger partial charge in [0, 0.05) is 19.1 Å². The highest BCUT2D eigenvalue weighted by Gasteiger charge is 2.27. The first-order valence-electron chi connectivity index (χ1n) is 6.25. The number of anilines is 2. The Labute approximate surface area is 121 Å². The molecule has 21 heavy (non-hydrogen) atoms. The first-order chi connectivity index (χ1) is 10.1. The number of nitrogens with two attached hydrogens (primary N) is 1. The first kappa shape index (κ1) is 14.1. The van der Waals surface area contributed by atoms with Gasteiger partial charge in [-0.05, 0) is 6.42 Å². The molecule has 2 aromatic rings. The summed E-state index contributed by atoms with van der Waals surface area (Å²) in [5.74, 6) is 0.418. The summed E-state index contributed by atoms with van der Waals surface area (Å²) >= 11 is -1.98. The number of hydrogen-bond donors (Lipinski definition) is 3. The van der Waals surface area contributed by atoms with Crippen LogP contribution in [0.25, 0.3) is 11.2 Å². The van der Waals surface area contributed by atoms with E-state index in [1.54, 1.807) is 0 Å². The summed E-state index contributed by atoms with van der Waals surface area (Å²) in [6.45, 7) is 0.148. The Morgan fingerprint density at radius 1 is 1.57 bits per heavy atom. The van der Waals surface area contributed by atoms with Crippen LogP contribution in [0.4, 0.5) is 16.2 Å². The molecule has 2 unspecified atom stereocenters. The van der Waals surface area contributed by atoms with Crippen LogP contribution in [0.2, 0.25) is 0 Å². The third-order valence-electron chi connectivity index (χ3n) is 3.32. The second-order valence-corrected chi connectivity index (χ2v) is 5.66. The molecule has 1 aliphatic heterocycles. The molecular formula is C10H14FN7O2S. The minimum Gasteiger partial charge on any atom is -0.368 e. The Balaban J connectivity index is 1.87. The molecule has 0 bridgehead atoms. The maximum atomic E-state index is 12.8. The molecule has 1 aliphatic rings. The quantitative estimate of drug-likeness (QED) is 0.676. The van der Waals surface area contributed by atoms with Crippen LogP contribution in [0.1, 0.15) is 6.42 Å². The normalized spacial score (nSPS) is 21.0. The van der Waals surface area contributed by atoms with E-state index in [9.17, 15) is 8.60 Å². The lowest BCUT2D eigenvalue weighted by Gasteiger charge is -2.14. The largest absolute Gasteiger partial charge is 0.368 e. The molecule has 0 spiro atoms. The van der Waals surface area contributed by atoms with E-state index in [2.05, 4.69) is 20.3 Å². The summed E-state index contributed by atoms with van der Waals surface area (Å²) in [7, 11) is 0. The molecule has 2 atom stereocenters. The molecule has 3 heterocycles. The molecule has 4 N–H and O–H groups in total. The van der Waals surface area contributed by atoms with Gasteiger partial charge in [-0.15, -0.1) is 0 Å². The third-order valence-corrected chi connectivity index (χ3v) is 4.10. The van der Waals surface area contributed by atoms with Crippen LogP contribution < -0.4 is 11.1 Å². The van der Waals surface area contributed by atoms with Gasteiger partial charge in [-0.25, -0.2) is 13.6 Å². The zero-order valence-electron chi connectivity index (χ0n) is 10.9. The Kier molecular flexibility index (Phi) is 3.69. The number of nitrogens with one attached hydrogen (secondary N) is 1. The fraction of sp³-hybridized carbons (Fsp3) is 0.500. The molecule has 2 aromatic heterocycles. The van der Waals surface area contributed by atoms with Crippen molar-refractivity contribution in [2.75, 3.05) is 24.1 Å². The molecule has 3 rings (SSSR count). The van der Waals surface area contributed by atoms with Gasteiger partial charge in [0.2, 0.25) is 17.2 Å². The Morgan fingerprint density at radius 3 is 3.05 bits per heavy atom. The molecule has 114 valence electrons. The highest BCUT2D eigenvalue weighted by atomic mass is 32.2. The maximum absolute atomic E-state index is 12.8. The minimum atomic E-state index is -1.98. The van der Waals surface area contributed by atoms with E-state index in [0.29, 0.717) is 36.5 Å². The molecule has 11 heteroatoms. The summed E-state index contributed by atoms with van der Waals surface area (Å²) < 4.78 is 35.6. The Morgan fingerprint density at radius 2 is 2.38 bits per heavy atom. The Hall–Kier alpha value is -1.85. The Bertz CT molecular complexity index is 693. The first-order valence-corrected chi connectivity index (χ1v) is 7.31. The lowest BCUT2D eigenvalue weighted by molar-refractivity contribution is 0.383. The predicted octanol–water partition coefficient (Wildman–Crippen LogP) is -0.0416. The number of nitrogens with zero attached hydrogens (tertiary/aromatic N) is 5. The van der Waals surface area contributed by atoms with Gasteiger partial charge >= 0.3 is 0 Å².